The van der Waals surface area contributed by atoms with Crippen LogP contribution in [0.5, 0.6) is 5.75 Å². The first-order chi connectivity index (χ1) is 8.70. The molecule has 0 spiro atoms. The van der Waals surface area contributed by atoms with Gasteiger partial charge in [-0.1, -0.05) is 12.1 Å². The van der Waals surface area contributed by atoms with Crippen molar-refractivity contribution >= 4 is 23.0 Å². The number of para-hydroxylation sites is 1. The summed E-state index contributed by atoms with van der Waals surface area (Å²) in [4.78, 5) is 3.90. The van der Waals surface area contributed by atoms with E-state index < -0.39 is 0 Å². The normalized spacial score (nSPS) is 10.7. The second-order valence-corrected chi connectivity index (χ2v) is 3.51. The van der Waals surface area contributed by atoms with Gasteiger partial charge in [0.2, 0.25) is 0 Å². The van der Waals surface area contributed by atoms with E-state index >= 15 is 0 Å². The van der Waals surface area contributed by atoms with Gasteiger partial charge in [0.15, 0.2) is 5.82 Å². The maximum atomic E-state index is 5.68. The smallest absolute Gasteiger partial charge is 0.153 e. The largest absolute Gasteiger partial charge is 0.494 e. The quantitative estimate of drug-likeness (QED) is 0.809. The number of nitrogens with zero attached hydrogens (tertiary/aromatic N) is 3. The number of methoxy groups -OCH3 is 1. The third kappa shape index (κ3) is 2.54. The lowest BCUT2D eigenvalue weighted by atomic mass is 10.3. The Bertz CT molecular complexity index is 582. The second-order valence-electron chi connectivity index (χ2n) is 3.51. The lowest BCUT2D eigenvalue weighted by Crippen LogP contribution is -1.95. The first-order valence-corrected chi connectivity index (χ1v) is 5.27. The average Bonchev–Trinajstić information content (AvgIpc) is 2.38. The van der Waals surface area contributed by atoms with Crippen LogP contribution in [0.1, 0.15) is 0 Å². The van der Waals surface area contributed by atoms with Gasteiger partial charge < -0.3 is 16.2 Å². The van der Waals surface area contributed by atoms with Crippen LogP contribution in [0, 0.1) is 0 Å². The van der Waals surface area contributed by atoms with Crippen molar-refractivity contribution in [1.82, 2.24) is 4.98 Å². The van der Waals surface area contributed by atoms with Gasteiger partial charge in [0.05, 0.1) is 7.11 Å². The van der Waals surface area contributed by atoms with Crippen LogP contribution in [0.2, 0.25) is 0 Å². The molecular formula is C12H13N5O. The highest BCUT2D eigenvalue weighted by Gasteiger charge is 2.02. The summed E-state index contributed by atoms with van der Waals surface area (Å²) in [6.45, 7) is 0. The molecule has 0 fully saturated rings. The van der Waals surface area contributed by atoms with Gasteiger partial charge in [-0.2, -0.15) is 0 Å². The summed E-state index contributed by atoms with van der Waals surface area (Å²) in [5.41, 5.74) is 12.3. The molecule has 2 rings (SSSR count). The van der Waals surface area contributed by atoms with Crippen molar-refractivity contribution in [2.75, 3.05) is 18.6 Å². The average molecular weight is 243 g/mol. The number of pyridine rings is 1. The number of benzene rings is 1. The monoisotopic (exact) mass is 243 g/mol. The third-order valence-corrected chi connectivity index (χ3v) is 2.27. The molecule has 2 aromatic rings. The van der Waals surface area contributed by atoms with Crippen molar-refractivity contribution in [3.8, 4) is 5.75 Å². The van der Waals surface area contributed by atoms with E-state index in [0.29, 0.717) is 22.9 Å². The van der Waals surface area contributed by atoms with Crippen molar-refractivity contribution in [3.05, 3.63) is 36.4 Å². The Kier molecular flexibility index (Phi) is 3.38. The van der Waals surface area contributed by atoms with Crippen molar-refractivity contribution in [2.24, 2.45) is 10.2 Å². The number of rotatable bonds is 3. The van der Waals surface area contributed by atoms with E-state index in [1.54, 1.807) is 31.4 Å². The number of hydrogen-bond acceptors (Lipinski definition) is 6. The lowest BCUT2D eigenvalue weighted by molar-refractivity contribution is 0.416. The van der Waals surface area contributed by atoms with Crippen LogP contribution < -0.4 is 16.2 Å². The topological polar surface area (TPSA) is 98.9 Å². The third-order valence-electron chi connectivity index (χ3n) is 2.27. The molecule has 6 nitrogen and oxygen atoms in total. The standard InChI is InChI=1S/C12H13N5O/c1-18-10-5-3-2-4-8(10)16-17-9-6-7-11(13)15-12(9)14/h2-7H,1H3,(H4,13,14,15). The van der Waals surface area contributed by atoms with Crippen LogP contribution in [-0.4, -0.2) is 12.1 Å². The number of nitrogens with two attached hydrogens (primary N) is 2. The summed E-state index contributed by atoms with van der Waals surface area (Å²) in [5, 5.41) is 8.10. The van der Waals surface area contributed by atoms with Crippen molar-refractivity contribution in [1.29, 1.82) is 0 Å². The van der Waals surface area contributed by atoms with Crippen molar-refractivity contribution < 1.29 is 4.74 Å². The molecular weight excluding hydrogens is 230 g/mol. The molecule has 18 heavy (non-hydrogen) atoms. The molecule has 0 aliphatic heterocycles. The number of nitrogen functional groups attached to an aromatic ring is 2. The minimum atomic E-state index is 0.244. The van der Waals surface area contributed by atoms with Gasteiger partial charge in [-0.3, -0.25) is 0 Å². The molecule has 0 bridgehead atoms. The first kappa shape index (κ1) is 11.8. The fourth-order valence-corrected chi connectivity index (χ4v) is 1.39. The van der Waals surface area contributed by atoms with E-state index in [1.807, 2.05) is 12.1 Å². The Hall–Kier alpha value is -2.63. The minimum Gasteiger partial charge on any atom is -0.494 e. The Morgan fingerprint density at radius 3 is 2.44 bits per heavy atom. The lowest BCUT2D eigenvalue weighted by Gasteiger charge is -2.02. The van der Waals surface area contributed by atoms with Crippen LogP contribution in [0.4, 0.5) is 23.0 Å². The minimum absolute atomic E-state index is 0.244. The highest BCUT2D eigenvalue weighted by molar-refractivity contribution is 5.60. The SMILES string of the molecule is COc1ccccc1N=Nc1ccc(N)nc1N. The fraction of sp³-hybridized carbons (Fsp3) is 0.0833. The Balaban J connectivity index is 2.30. The Morgan fingerprint density at radius 1 is 1.00 bits per heavy atom. The molecule has 6 heteroatoms. The zero-order chi connectivity index (χ0) is 13.0. The summed E-state index contributed by atoms with van der Waals surface area (Å²) in [6.07, 6.45) is 0. The van der Waals surface area contributed by atoms with Crippen LogP contribution >= 0.6 is 0 Å². The predicted octanol–water partition coefficient (Wildman–Crippen LogP) is 2.67. The molecule has 92 valence electrons. The second kappa shape index (κ2) is 5.13. The van der Waals surface area contributed by atoms with Crippen LogP contribution in [0.3, 0.4) is 0 Å². The van der Waals surface area contributed by atoms with Gasteiger partial charge >= 0.3 is 0 Å². The van der Waals surface area contributed by atoms with Gasteiger partial charge in [0, 0.05) is 0 Å². The number of azo groups is 1. The van der Waals surface area contributed by atoms with E-state index in [0.717, 1.165) is 0 Å². The maximum absolute atomic E-state index is 5.68. The van der Waals surface area contributed by atoms with Crippen LogP contribution in [-0.2, 0) is 0 Å². The molecule has 0 atom stereocenters. The molecule has 0 amide bonds. The van der Waals surface area contributed by atoms with E-state index in [1.165, 1.54) is 0 Å². The van der Waals surface area contributed by atoms with E-state index in [9.17, 15) is 0 Å². The summed E-state index contributed by atoms with van der Waals surface area (Å²) in [5.74, 6) is 1.24. The first-order valence-electron chi connectivity index (χ1n) is 5.27. The number of anilines is 2. The predicted molar refractivity (Wildman–Crippen MR) is 70.2 cm³/mol. The molecule has 1 aromatic carbocycles. The summed E-state index contributed by atoms with van der Waals surface area (Å²) >= 11 is 0. The molecule has 0 unspecified atom stereocenters. The summed E-state index contributed by atoms with van der Waals surface area (Å²) < 4.78 is 5.16. The van der Waals surface area contributed by atoms with Gasteiger partial charge in [-0.05, 0) is 24.3 Å². The number of aromatic nitrogens is 1. The Labute approximate surface area is 104 Å². The summed E-state index contributed by atoms with van der Waals surface area (Å²) in [6, 6.07) is 10.6. The van der Waals surface area contributed by atoms with Crippen LogP contribution in [0.25, 0.3) is 0 Å². The zero-order valence-corrected chi connectivity index (χ0v) is 9.87. The fourth-order valence-electron chi connectivity index (χ4n) is 1.39. The van der Waals surface area contributed by atoms with E-state index in [-0.39, 0.29) is 5.82 Å². The van der Waals surface area contributed by atoms with Crippen LogP contribution in [0.15, 0.2) is 46.6 Å². The molecule has 0 aliphatic rings. The maximum Gasteiger partial charge on any atom is 0.153 e. The van der Waals surface area contributed by atoms with E-state index in [4.69, 9.17) is 16.2 Å². The summed E-state index contributed by atoms with van der Waals surface area (Å²) in [7, 11) is 1.58. The van der Waals surface area contributed by atoms with Crippen molar-refractivity contribution in [3.63, 3.8) is 0 Å². The van der Waals surface area contributed by atoms with E-state index in [2.05, 4.69) is 15.2 Å². The van der Waals surface area contributed by atoms with Gasteiger partial charge in [-0.25, -0.2) is 4.98 Å². The Morgan fingerprint density at radius 2 is 1.72 bits per heavy atom. The molecule has 0 aliphatic carbocycles. The zero-order valence-electron chi connectivity index (χ0n) is 9.87. The van der Waals surface area contributed by atoms with Crippen molar-refractivity contribution in [2.45, 2.75) is 0 Å². The molecule has 0 saturated carbocycles. The number of ether oxygens (including phenoxy) is 1. The molecule has 1 aromatic heterocycles. The molecule has 4 N–H and O–H groups in total. The highest BCUT2D eigenvalue weighted by Crippen LogP contribution is 2.29. The molecule has 0 radical (unpaired) electrons. The molecule has 1 heterocycles. The number of hydrogen-bond donors (Lipinski definition) is 2. The molecule has 0 saturated heterocycles. The van der Waals surface area contributed by atoms with Gasteiger partial charge in [0.1, 0.15) is 22.9 Å². The highest BCUT2D eigenvalue weighted by atomic mass is 16.5. The van der Waals surface area contributed by atoms with Gasteiger partial charge in [-0.15, -0.1) is 10.2 Å². The van der Waals surface area contributed by atoms with Gasteiger partial charge in [0.25, 0.3) is 0 Å².